The number of methoxy groups -OCH3 is 1. The van der Waals surface area contributed by atoms with Gasteiger partial charge in [-0.25, -0.2) is 8.42 Å². The van der Waals surface area contributed by atoms with Crippen molar-refractivity contribution in [2.45, 2.75) is 57.1 Å². The molecule has 0 spiro atoms. The van der Waals surface area contributed by atoms with E-state index in [1.165, 1.54) is 12.8 Å². The molecule has 118 valence electrons. The van der Waals surface area contributed by atoms with E-state index in [2.05, 4.69) is 5.32 Å². The average molecular weight is 304 g/mol. The molecular weight excluding hydrogens is 276 g/mol. The second kappa shape index (κ2) is 6.73. The molecule has 1 unspecified atom stereocenters. The van der Waals surface area contributed by atoms with Crippen molar-refractivity contribution in [1.29, 1.82) is 0 Å². The molecular formula is C14H28N2O3S. The topological polar surface area (TPSA) is 58.6 Å². The SMILES string of the molecule is COC1(C)CCCN(S(=O)(=O)CCCCNC2CC2)C1. The molecule has 2 rings (SSSR count). The number of nitrogens with one attached hydrogen (secondary N) is 1. The Balaban J connectivity index is 1.73. The fraction of sp³-hybridized carbons (Fsp3) is 1.00. The third-order valence-corrected chi connectivity index (χ3v) is 6.25. The molecule has 0 aromatic carbocycles. The normalized spacial score (nSPS) is 28.7. The fourth-order valence-electron chi connectivity index (χ4n) is 2.70. The van der Waals surface area contributed by atoms with Crippen molar-refractivity contribution in [2.24, 2.45) is 0 Å². The lowest BCUT2D eigenvalue weighted by Crippen LogP contribution is -2.50. The van der Waals surface area contributed by atoms with Gasteiger partial charge >= 0.3 is 0 Å². The van der Waals surface area contributed by atoms with Crippen molar-refractivity contribution in [3.8, 4) is 0 Å². The molecule has 6 heteroatoms. The molecule has 1 aliphatic carbocycles. The first-order chi connectivity index (χ1) is 9.45. The van der Waals surface area contributed by atoms with Gasteiger partial charge in [0.15, 0.2) is 0 Å². The van der Waals surface area contributed by atoms with Crippen LogP contribution in [0.1, 0.15) is 45.4 Å². The summed E-state index contributed by atoms with van der Waals surface area (Å²) in [5.74, 6) is 0.263. The Morgan fingerprint density at radius 1 is 1.35 bits per heavy atom. The van der Waals surface area contributed by atoms with Crippen LogP contribution in [-0.4, -0.2) is 56.9 Å². The van der Waals surface area contributed by atoms with Crippen LogP contribution < -0.4 is 5.32 Å². The van der Waals surface area contributed by atoms with Crippen LogP contribution in [0, 0.1) is 0 Å². The monoisotopic (exact) mass is 304 g/mol. The maximum absolute atomic E-state index is 12.3. The van der Waals surface area contributed by atoms with Crippen LogP contribution in [0.2, 0.25) is 0 Å². The van der Waals surface area contributed by atoms with Gasteiger partial charge in [0.05, 0.1) is 11.4 Å². The predicted molar refractivity (Wildman–Crippen MR) is 80.3 cm³/mol. The summed E-state index contributed by atoms with van der Waals surface area (Å²) in [6.45, 7) is 4.07. The molecule has 2 aliphatic rings. The minimum Gasteiger partial charge on any atom is -0.377 e. The lowest BCUT2D eigenvalue weighted by Gasteiger charge is -2.38. The Bertz CT molecular complexity index is 409. The van der Waals surface area contributed by atoms with Crippen molar-refractivity contribution >= 4 is 10.0 Å². The Morgan fingerprint density at radius 2 is 2.10 bits per heavy atom. The average Bonchev–Trinajstić information content (AvgIpc) is 3.22. The largest absolute Gasteiger partial charge is 0.377 e. The first-order valence-electron chi connectivity index (χ1n) is 7.72. The van der Waals surface area contributed by atoms with E-state index in [1.807, 2.05) is 6.92 Å². The standard InChI is InChI=1S/C14H28N2O3S/c1-14(19-2)8-5-10-16(12-14)20(17,18)11-4-3-9-15-13-6-7-13/h13,15H,3-12H2,1-2H3. The van der Waals surface area contributed by atoms with Crippen molar-refractivity contribution in [2.75, 3.05) is 32.5 Å². The zero-order valence-corrected chi connectivity index (χ0v) is 13.5. The second-order valence-corrected chi connectivity index (χ2v) is 8.43. The first-order valence-corrected chi connectivity index (χ1v) is 9.32. The van der Waals surface area contributed by atoms with Crippen LogP contribution in [0.5, 0.6) is 0 Å². The summed E-state index contributed by atoms with van der Waals surface area (Å²) >= 11 is 0. The van der Waals surface area contributed by atoms with Crippen molar-refractivity contribution in [1.82, 2.24) is 9.62 Å². The van der Waals surface area contributed by atoms with Crippen molar-refractivity contribution in [3.63, 3.8) is 0 Å². The second-order valence-electron chi connectivity index (χ2n) is 6.34. The van der Waals surface area contributed by atoms with Gasteiger partial charge in [0.1, 0.15) is 0 Å². The molecule has 2 fully saturated rings. The number of hydrogen-bond donors (Lipinski definition) is 1. The smallest absolute Gasteiger partial charge is 0.214 e. The van der Waals surface area contributed by atoms with Gasteiger partial charge in [-0.3, -0.25) is 0 Å². The van der Waals surface area contributed by atoms with E-state index >= 15 is 0 Å². The highest BCUT2D eigenvalue weighted by Crippen LogP contribution is 2.26. The molecule has 1 N–H and O–H groups in total. The van der Waals surface area contributed by atoms with Gasteiger partial charge in [0.2, 0.25) is 10.0 Å². The number of unbranched alkanes of at least 4 members (excludes halogenated alkanes) is 1. The Hall–Kier alpha value is -0.170. The van der Waals surface area contributed by atoms with Gasteiger partial charge in [-0.15, -0.1) is 0 Å². The summed E-state index contributed by atoms with van der Waals surface area (Å²) in [5.41, 5.74) is -0.321. The summed E-state index contributed by atoms with van der Waals surface area (Å²) in [4.78, 5) is 0. The van der Waals surface area contributed by atoms with Gasteiger partial charge in [0, 0.05) is 26.2 Å². The van der Waals surface area contributed by atoms with Crippen LogP contribution in [0.15, 0.2) is 0 Å². The Labute approximate surface area is 123 Å². The molecule has 1 heterocycles. The number of hydrogen-bond acceptors (Lipinski definition) is 4. The third kappa shape index (κ3) is 4.69. The summed E-state index contributed by atoms with van der Waals surface area (Å²) in [5, 5.41) is 3.42. The zero-order valence-electron chi connectivity index (χ0n) is 12.7. The quantitative estimate of drug-likeness (QED) is 0.688. The maximum atomic E-state index is 12.3. The third-order valence-electron chi connectivity index (χ3n) is 4.35. The predicted octanol–water partition coefficient (Wildman–Crippen LogP) is 1.35. The van der Waals surface area contributed by atoms with Gasteiger partial charge in [-0.1, -0.05) is 0 Å². The van der Waals surface area contributed by atoms with Crippen LogP contribution in [-0.2, 0) is 14.8 Å². The van der Waals surface area contributed by atoms with Gasteiger partial charge in [0.25, 0.3) is 0 Å². The number of nitrogens with zero attached hydrogens (tertiary/aromatic N) is 1. The molecule has 0 radical (unpaired) electrons. The zero-order chi connectivity index (χ0) is 14.6. The van der Waals surface area contributed by atoms with E-state index < -0.39 is 10.0 Å². The molecule has 1 atom stereocenters. The number of rotatable bonds is 8. The number of ether oxygens (including phenoxy) is 1. The lowest BCUT2D eigenvalue weighted by atomic mass is 9.96. The molecule has 1 saturated heterocycles. The van der Waals surface area contributed by atoms with Gasteiger partial charge in [-0.2, -0.15) is 4.31 Å². The van der Waals surface area contributed by atoms with E-state index in [0.717, 1.165) is 32.2 Å². The summed E-state index contributed by atoms with van der Waals surface area (Å²) in [6, 6.07) is 0.705. The number of sulfonamides is 1. The summed E-state index contributed by atoms with van der Waals surface area (Å²) < 4.78 is 31.8. The van der Waals surface area contributed by atoms with E-state index in [0.29, 0.717) is 19.1 Å². The summed E-state index contributed by atoms with van der Waals surface area (Å²) in [6.07, 6.45) is 6.05. The van der Waals surface area contributed by atoms with Crippen molar-refractivity contribution < 1.29 is 13.2 Å². The molecule has 1 saturated carbocycles. The maximum Gasteiger partial charge on any atom is 0.214 e. The van der Waals surface area contributed by atoms with Crippen LogP contribution in [0.3, 0.4) is 0 Å². The van der Waals surface area contributed by atoms with E-state index in [9.17, 15) is 8.42 Å². The molecule has 0 bridgehead atoms. The van der Waals surface area contributed by atoms with Crippen LogP contribution in [0.25, 0.3) is 0 Å². The van der Waals surface area contributed by atoms with Crippen LogP contribution in [0.4, 0.5) is 0 Å². The van der Waals surface area contributed by atoms with Crippen molar-refractivity contribution in [3.05, 3.63) is 0 Å². The summed E-state index contributed by atoms with van der Waals surface area (Å²) in [7, 11) is -1.46. The highest BCUT2D eigenvalue weighted by Gasteiger charge is 2.35. The molecule has 20 heavy (non-hydrogen) atoms. The molecule has 0 amide bonds. The van der Waals surface area contributed by atoms with Gasteiger partial charge in [-0.05, 0) is 52.0 Å². The molecule has 5 nitrogen and oxygen atoms in total. The van der Waals surface area contributed by atoms with Gasteiger partial charge < -0.3 is 10.1 Å². The Kier molecular flexibility index (Phi) is 5.45. The van der Waals surface area contributed by atoms with E-state index in [1.54, 1.807) is 11.4 Å². The first kappa shape index (κ1) is 16.2. The minimum absolute atomic E-state index is 0.263. The molecule has 0 aromatic heterocycles. The molecule has 1 aliphatic heterocycles. The highest BCUT2D eigenvalue weighted by atomic mass is 32.2. The van der Waals surface area contributed by atoms with E-state index in [-0.39, 0.29) is 11.4 Å². The van der Waals surface area contributed by atoms with Crippen LogP contribution >= 0.6 is 0 Å². The highest BCUT2D eigenvalue weighted by molar-refractivity contribution is 7.89. The minimum atomic E-state index is -3.12. The Morgan fingerprint density at radius 3 is 2.75 bits per heavy atom. The van der Waals surface area contributed by atoms with E-state index in [4.69, 9.17) is 4.74 Å². The lowest BCUT2D eigenvalue weighted by molar-refractivity contribution is -0.0319. The molecule has 0 aromatic rings. The fourth-order valence-corrected chi connectivity index (χ4v) is 4.40. The number of piperidine rings is 1.